The highest BCUT2D eigenvalue weighted by molar-refractivity contribution is 6.09. The first-order valence-corrected chi connectivity index (χ1v) is 18.0. The fourth-order valence-electron chi connectivity index (χ4n) is 6.39. The van der Waals surface area contributed by atoms with Crippen LogP contribution in [-0.2, 0) is 4.84 Å². The second-order valence-corrected chi connectivity index (χ2v) is 12.9. The smallest absolute Gasteiger partial charge is 0.356 e. The van der Waals surface area contributed by atoms with E-state index < -0.39 is 36.0 Å². The van der Waals surface area contributed by atoms with Gasteiger partial charge < -0.3 is 59.1 Å². The van der Waals surface area contributed by atoms with E-state index in [9.17, 15) is 35.1 Å². The third kappa shape index (κ3) is 8.57. The number of rotatable bonds is 12. The van der Waals surface area contributed by atoms with Gasteiger partial charge in [0.15, 0.2) is 0 Å². The van der Waals surface area contributed by atoms with Crippen LogP contribution in [0.2, 0.25) is 0 Å². The molecule has 4 aromatic carbocycles. The number of carbonyl (C=O) groups is 2. The number of anilines is 2. The Balaban J connectivity index is 1.26. The minimum Gasteiger partial charge on any atom is -0.495 e. The number of carboxylic acids is 1. The number of aromatic hydroxyl groups is 4. The summed E-state index contributed by atoms with van der Waals surface area (Å²) in [7, 11) is 2.91. The van der Waals surface area contributed by atoms with Crippen LogP contribution in [0.3, 0.4) is 0 Å². The summed E-state index contributed by atoms with van der Waals surface area (Å²) < 4.78 is 28.9. The van der Waals surface area contributed by atoms with Gasteiger partial charge in [-0.2, -0.15) is 5.90 Å². The minimum atomic E-state index is -1.34. The highest BCUT2D eigenvalue weighted by Gasteiger charge is 2.24. The van der Waals surface area contributed by atoms with Gasteiger partial charge in [-0.1, -0.05) is 6.07 Å². The zero-order chi connectivity index (χ0) is 44.4. The van der Waals surface area contributed by atoms with Crippen molar-refractivity contribution in [3.63, 3.8) is 0 Å². The lowest BCUT2D eigenvalue weighted by Gasteiger charge is -2.18. The first-order chi connectivity index (χ1) is 30.4. The third-order valence-electron chi connectivity index (χ3n) is 9.02. The van der Waals surface area contributed by atoms with Crippen LogP contribution in [0.1, 0.15) is 20.7 Å². The summed E-state index contributed by atoms with van der Waals surface area (Å²) in [6, 6.07) is 19.6. The van der Waals surface area contributed by atoms with Gasteiger partial charge in [-0.3, -0.25) is 0 Å². The molecule has 0 saturated carbocycles. The molecule has 2 aliphatic rings. The summed E-state index contributed by atoms with van der Waals surface area (Å²) in [5.41, 5.74) is 2.26. The van der Waals surface area contributed by atoms with Crippen molar-refractivity contribution in [3.8, 4) is 81.5 Å². The van der Waals surface area contributed by atoms with Crippen LogP contribution in [0.15, 0.2) is 100 Å². The maximum absolute atomic E-state index is 12.8. The second-order valence-electron chi connectivity index (χ2n) is 12.9. The van der Waals surface area contributed by atoms with E-state index in [0.29, 0.717) is 44.7 Å². The Bertz CT molecular complexity index is 3100. The van der Waals surface area contributed by atoms with Gasteiger partial charge >= 0.3 is 48.0 Å². The number of benzene rings is 5. The van der Waals surface area contributed by atoms with Crippen LogP contribution in [0.5, 0.6) is 59.1 Å². The van der Waals surface area contributed by atoms with Crippen LogP contribution in [0.4, 0.5) is 17.1 Å². The molecule has 316 valence electrons. The van der Waals surface area contributed by atoms with E-state index in [1.54, 1.807) is 60.7 Å². The number of methoxy groups -OCH3 is 2. The molecule has 8 N–H and O–H groups in total. The van der Waals surface area contributed by atoms with Gasteiger partial charge in [0.1, 0.15) is 40.0 Å². The number of nitrogens with one attached hydrogen (secondary N) is 1. The van der Waals surface area contributed by atoms with Crippen molar-refractivity contribution in [2.75, 3.05) is 19.5 Å². The summed E-state index contributed by atoms with van der Waals surface area (Å²) in [4.78, 5) is 55.4. The minimum absolute atomic E-state index is 0.0889. The van der Waals surface area contributed by atoms with Crippen LogP contribution in [0, 0.1) is 0 Å². The van der Waals surface area contributed by atoms with Gasteiger partial charge in [-0.15, -0.1) is 29.9 Å². The van der Waals surface area contributed by atoms with Crippen LogP contribution in [0.25, 0.3) is 33.4 Å². The van der Waals surface area contributed by atoms with E-state index in [2.05, 4.69) is 40.1 Å². The predicted molar refractivity (Wildman–Crippen MR) is 216 cm³/mol. The number of nitrogens with zero attached hydrogens (tertiary/aromatic N) is 7. The van der Waals surface area contributed by atoms with E-state index in [1.807, 2.05) is 0 Å². The number of fused-ring (bicyclic) bond motifs is 2. The molecule has 0 radical (unpaired) electrons. The zero-order valence-corrected chi connectivity index (χ0v) is 32.4. The molecule has 6 aromatic rings. The molecular formula is C41H29N9O13. The number of hydrogen-bond donors (Lipinski definition) is 7. The molecule has 22 heteroatoms. The summed E-state index contributed by atoms with van der Waals surface area (Å²) in [5.74, 6) is 4.18. The van der Waals surface area contributed by atoms with Crippen LogP contribution >= 0.6 is 0 Å². The average molecular weight is 856 g/mol. The number of aromatic nitrogens is 6. The number of hydrogen-bond acceptors (Lipinski definition) is 21. The topological polar surface area (TPSA) is 322 Å². The van der Waals surface area contributed by atoms with Crippen molar-refractivity contribution in [2.24, 2.45) is 10.9 Å². The maximum atomic E-state index is 12.8. The molecule has 22 nitrogen and oxygen atoms in total. The highest BCUT2D eigenvalue weighted by atomic mass is 16.7. The summed E-state index contributed by atoms with van der Waals surface area (Å²) in [6.45, 7) is 0. The Morgan fingerprint density at radius 2 is 1.30 bits per heavy atom. The number of ether oxygens (including phenoxy) is 4. The Morgan fingerprint density at radius 1 is 0.683 bits per heavy atom. The van der Waals surface area contributed by atoms with Crippen molar-refractivity contribution in [1.29, 1.82) is 0 Å². The first kappa shape index (κ1) is 40.5. The molecular weight excluding hydrogens is 827 g/mol. The fourth-order valence-corrected chi connectivity index (χ4v) is 6.39. The summed E-state index contributed by atoms with van der Waals surface area (Å²) in [6.07, 6.45) is 0. The van der Waals surface area contributed by atoms with E-state index in [1.165, 1.54) is 38.5 Å². The van der Waals surface area contributed by atoms with Gasteiger partial charge in [0, 0.05) is 46.5 Å². The lowest BCUT2D eigenvalue weighted by Crippen LogP contribution is -2.12. The highest BCUT2D eigenvalue weighted by Crippen LogP contribution is 2.43. The fraction of sp³-hybridized carbons (Fsp3) is 0.0488. The van der Waals surface area contributed by atoms with Gasteiger partial charge in [-0.25, -0.2) is 14.6 Å². The molecule has 3 heterocycles. The molecule has 0 spiro atoms. The Hall–Kier alpha value is -9.31. The zero-order valence-electron chi connectivity index (χ0n) is 32.4. The standard InChI is InChI=1S/C41H29N9O13/c1-58-29-11-6-21(60-40-47-36(54)45-37(55)48-40)16-27(29)43-19-4-9-24-31(14-19)62-32-15-20(5-10-25(32)33(24)23-8-3-18(35(53)63-42)13-26(23)34(51)52)44-28-17-22(7-12-30(28)59-2)61-41-49-38(56)46-39(57)50-41/h3-17,43H,42H2,1-2H3,(H,51,52)(H2,45,47,48,54,55)(H2,46,49,50,56,57). The lowest BCUT2D eigenvalue weighted by molar-refractivity contribution is 0.0503. The van der Waals surface area contributed by atoms with Crippen molar-refractivity contribution in [3.05, 3.63) is 107 Å². The lowest BCUT2D eigenvalue weighted by atomic mass is 9.90. The molecule has 1 aliphatic heterocycles. The third-order valence-corrected chi connectivity index (χ3v) is 9.02. The molecule has 0 fully saturated rings. The molecule has 0 atom stereocenters. The average Bonchev–Trinajstić information content (AvgIpc) is 3.24. The largest absolute Gasteiger partial charge is 0.495 e. The number of carboxylic acid groups (broad SMARTS) is 1. The number of nitrogens with two attached hydrogens (primary N) is 1. The summed E-state index contributed by atoms with van der Waals surface area (Å²) >= 11 is 0. The van der Waals surface area contributed by atoms with Gasteiger partial charge in [0.25, 0.3) is 0 Å². The van der Waals surface area contributed by atoms with Gasteiger partial charge in [0.2, 0.25) is 0 Å². The quantitative estimate of drug-likeness (QED) is 0.0572. The van der Waals surface area contributed by atoms with Crippen LogP contribution < -0.4 is 35.5 Å². The van der Waals surface area contributed by atoms with Crippen LogP contribution in [-0.4, -0.2) is 81.6 Å². The van der Waals surface area contributed by atoms with E-state index in [0.717, 1.165) is 6.07 Å². The van der Waals surface area contributed by atoms with E-state index in [-0.39, 0.29) is 57.2 Å². The number of aromatic carboxylic acids is 1. The molecule has 63 heavy (non-hydrogen) atoms. The second kappa shape index (κ2) is 16.7. The molecule has 8 rings (SSSR count). The maximum Gasteiger partial charge on any atom is 0.356 e. The van der Waals surface area contributed by atoms with Crippen molar-refractivity contribution in [2.45, 2.75) is 0 Å². The van der Waals surface area contributed by atoms with Crippen molar-refractivity contribution < 1.29 is 63.3 Å². The monoisotopic (exact) mass is 855 g/mol. The Labute approximate surface area is 352 Å². The van der Waals surface area contributed by atoms with E-state index in [4.69, 9.17) is 34.3 Å². The van der Waals surface area contributed by atoms with Crippen molar-refractivity contribution in [1.82, 2.24) is 29.9 Å². The number of carbonyl (C=O) groups excluding carboxylic acids is 1. The SMILES string of the molecule is COc1ccc(Oc2nc(O)nc(O)n2)cc1N=c1ccc2c(-c3ccc(C(=O)ON)cc3C(=O)O)c3ccc(Nc4cc(Oc5nc(O)nc(O)n5)ccc4OC)cc3oc-2c1. The van der Waals surface area contributed by atoms with Crippen molar-refractivity contribution >= 4 is 40.0 Å². The normalized spacial score (nSPS) is 11.3. The molecule has 0 saturated heterocycles. The van der Waals surface area contributed by atoms with Gasteiger partial charge in [0.05, 0.1) is 36.4 Å². The summed E-state index contributed by atoms with van der Waals surface area (Å²) in [5, 5.41) is 53.2. The Morgan fingerprint density at radius 3 is 1.92 bits per heavy atom. The Kier molecular flexibility index (Phi) is 10.8. The molecule has 0 unspecified atom stereocenters. The van der Waals surface area contributed by atoms with E-state index >= 15 is 0 Å². The molecule has 0 bridgehead atoms. The molecule has 2 aromatic heterocycles. The molecule has 0 amide bonds. The predicted octanol–water partition coefficient (Wildman–Crippen LogP) is 5.70. The van der Waals surface area contributed by atoms with Gasteiger partial charge in [-0.05, 0) is 66.2 Å². The first-order valence-electron chi connectivity index (χ1n) is 18.0. The molecule has 1 aliphatic carbocycles.